The number of methoxy groups -OCH3 is 2. The molecule has 2 aromatic rings. The Morgan fingerprint density at radius 2 is 1.79 bits per heavy atom. The lowest BCUT2D eigenvalue weighted by atomic mass is 10.1. The van der Waals surface area contributed by atoms with Gasteiger partial charge in [0, 0.05) is 26.5 Å². The molecular formula is C19H22F3NO5. The molecule has 28 heavy (non-hydrogen) atoms. The van der Waals surface area contributed by atoms with Crippen LogP contribution in [0.1, 0.15) is 17.4 Å². The van der Waals surface area contributed by atoms with Crippen molar-refractivity contribution in [2.45, 2.75) is 18.6 Å². The second-order valence-corrected chi connectivity index (χ2v) is 5.90. The average Bonchev–Trinajstić information content (AvgIpc) is 2.68. The van der Waals surface area contributed by atoms with Gasteiger partial charge < -0.3 is 29.7 Å². The van der Waals surface area contributed by atoms with Crippen molar-refractivity contribution in [1.82, 2.24) is 0 Å². The molecule has 154 valence electrons. The summed E-state index contributed by atoms with van der Waals surface area (Å²) in [5.41, 5.74) is 0.196. The zero-order valence-corrected chi connectivity index (χ0v) is 15.4. The van der Waals surface area contributed by atoms with Crippen molar-refractivity contribution < 1.29 is 37.6 Å². The van der Waals surface area contributed by atoms with Gasteiger partial charge in [-0.2, -0.15) is 13.2 Å². The Labute approximate surface area is 160 Å². The van der Waals surface area contributed by atoms with Gasteiger partial charge in [-0.05, 0) is 36.4 Å². The minimum Gasteiger partial charge on any atom is -0.457 e. The Bertz CT molecular complexity index is 765. The highest BCUT2D eigenvalue weighted by Crippen LogP contribution is 2.36. The summed E-state index contributed by atoms with van der Waals surface area (Å²) in [5.74, 6) is 0.264. The highest BCUT2D eigenvalue weighted by Gasteiger charge is 2.30. The number of alkyl halides is 3. The van der Waals surface area contributed by atoms with Crippen LogP contribution < -0.4 is 10.1 Å². The molecule has 0 radical (unpaired) electrons. The Morgan fingerprint density at radius 3 is 2.39 bits per heavy atom. The average molecular weight is 401 g/mol. The fourth-order valence-electron chi connectivity index (χ4n) is 2.45. The number of anilines is 1. The van der Waals surface area contributed by atoms with E-state index >= 15 is 0 Å². The molecule has 0 aliphatic rings. The topological polar surface area (TPSA) is 80.2 Å². The first-order valence-electron chi connectivity index (χ1n) is 8.36. The van der Waals surface area contributed by atoms with Gasteiger partial charge >= 0.3 is 6.18 Å². The van der Waals surface area contributed by atoms with Gasteiger partial charge in [0.05, 0.1) is 23.8 Å². The van der Waals surface area contributed by atoms with Gasteiger partial charge in [0.2, 0.25) is 0 Å². The second-order valence-electron chi connectivity index (χ2n) is 5.90. The SMILES string of the molecule is COC(OC)c1cc(NCC(O)CO)ccc1Oc1cccc(C(F)(F)F)c1. The zero-order valence-electron chi connectivity index (χ0n) is 15.4. The number of ether oxygens (including phenoxy) is 3. The van der Waals surface area contributed by atoms with E-state index in [1.54, 1.807) is 18.2 Å². The Morgan fingerprint density at radius 1 is 1.07 bits per heavy atom. The third-order valence-corrected chi connectivity index (χ3v) is 3.83. The first-order chi connectivity index (χ1) is 13.3. The number of benzene rings is 2. The number of hydrogen-bond donors (Lipinski definition) is 3. The van der Waals surface area contributed by atoms with Crippen LogP contribution in [-0.4, -0.2) is 43.7 Å². The van der Waals surface area contributed by atoms with Crippen LogP contribution in [0.2, 0.25) is 0 Å². The van der Waals surface area contributed by atoms with Crippen molar-refractivity contribution in [2.24, 2.45) is 0 Å². The molecule has 6 nitrogen and oxygen atoms in total. The Balaban J connectivity index is 2.32. The van der Waals surface area contributed by atoms with Crippen molar-refractivity contribution in [2.75, 3.05) is 32.7 Å². The standard InChI is InChI=1S/C19H22F3NO5/c1-26-18(27-2)16-9-13(23-10-14(25)11-24)6-7-17(16)28-15-5-3-4-12(8-15)19(20,21)22/h3-9,14,18,23-25H,10-11H2,1-2H3. The first kappa shape index (κ1) is 22.0. The number of hydrogen-bond acceptors (Lipinski definition) is 6. The lowest BCUT2D eigenvalue weighted by Gasteiger charge is -2.20. The number of rotatable bonds is 9. The number of nitrogens with one attached hydrogen (secondary N) is 1. The minimum absolute atomic E-state index is 0.0124. The highest BCUT2D eigenvalue weighted by atomic mass is 19.4. The fourth-order valence-corrected chi connectivity index (χ4v) is 2.45. The van der Waals surface area contributed by atoms with Crippen LogP contribution in [0.5, 0.6) is 11.5 Å². The molecule has 1 unspecified atom stereocenters. The normalized spacial score (nSPS) is 12.9. The maximum absolute atomic E-state index is 12.9. The smallest absolute Gasteiger partial charge is 0.416 e. The van der Waals surface area contributed by atoms with E-state index in [9.17, 15) is 18.3 Å². The molecule has 0 saturated heterocycles. The van der Waals surface area contributed by atoms with Crippen LogP contribution in [0.15, 0.2) is 42.5 Å². The molecule has 2 rings (SSSR count). The van der Waals surface area contributed by atoms with Crippen LogP contribution in [-0.2, 0) is 15.7 Å². The molecule has 1 atom stereocenters. The van der Waals surface area contributed by atoms with E-state index in [4.69, 9.17) is 19.3 Å². The molecule has 0 aliphatic carbocycles. The lowest BCUT2D eigenvalue weighted by Crippen LogP contribution is -2.23. The van der Waals surface area contributed by atoms with Crippen LogP contribution in [0.3, 0.4) is 0 Å². The summed E-state index contributed by atoms with van der Waals surface area (Å²) in [6, 6.07) is 9.34. The van der Waals surface area contributed by atoms with Crippen LogP contribution in [0.25, 0.3) is 0 Å². The van der Waals surface area contributed by atoms with E-state index in [0.717, 1.165) is 12.1 Å². The van der Waals surface area contributed by atoms with Crippen molar-refractivity contribution in [3.63, 3.8) is 0 Å². The summed E-state index contributed by atoms with van der Waals surface area (Å²) >= 11 is 0. The first-order valence-corrected chi connectivity index (χ1v) is 8.36. The molecule has 0 heterocycles. The number of aliphatic hydroxyl groups is 2. The van der Waals surface area contributed by atoms with Crippen molar-refractivity contribution >= 4 is 5.69 Å². The fraction of sp³-hybridized carbons (Fsp3) is 0.368. The van der Waals surface area contributed by atoms with Crippen LogP contribution in [0.4, 0.5) is 18.9 Å². The van der Waals surface area contributed by atoms with Gasteiger partial charge in [0.15, 0.2) is 6.29 Å². The molecule has 2 aromatic carbocycles. The third kappa shape index (κ3) is 5.83. The van der Waals surface area contributed by atoms with Gasteiger partial charge in [-0.1, -0.05) is 6.07 Å². The monoisotopic (exact) mass is 401 g/mol. The van der Waals surface area contributed by atoms with E-state index in [1.165, 1.54) is 26.4 Å². The summed E-state index contributed by atoms with van der Waals surface area (Å²) in [7, 11) is 2.83. The minimum atomic E-state index is -4.48. The second kappa shape index (κ2) is 9.74. The van der Waals surface area contributed by atoms with Crippen molar-refractivity contribution in [3.8, 4) is 11.5 Å². The number of halogens is 3. The maximum atomic E-state index is 12.9. The summed E-state index contributed by atoms with van der Waals surface area (Å²) in [4.78, 5) is 0. The molecule has 0 fully saturated rings. The molecule has 0 aromatic heterocycles. The highest BCUT2D eigenvalue weighted by molar-refractivity contribution is 5.53. The van der Waals surface area contributed by atoms with Gasteiger partial charge in [-0.15, -0.1) is 0 Å². The van der Waals surface area contributed by atoms with Gasteiger partial charge in [0.25, 0.3) is 0 Å². The lowest BCUT2D eigenvalue weighted by molar-refractivity contribution is -0.137. The maximum Gasteiger partial charge on any atom is 0.416 e. The predicted octanol–water partition coefficient (Wildman–Crippen LogP) is 3.55. The van der Waals surface area contributed by atoms with E-state index in [0.29, 0.717) is 11.3 Å². The number of aliphatic hydroxyl groups excluding tert-OH is 2. The quantitative estimate of drug-likeness (QED) is 0.558. The molecule has 9 heteroatoms. The molecule has 0 saturated carbocycles. The summed E-state index contributed by atoms with van der Waals surface area (Å²) in [5, 5.41) is 21.3. The summed E-state index contributed by atoms with van der Waals surface area (Å²) in [6.45, 7) is -0.288. The molecule has 0 aliphatic heterocycles. The van der Waals surface area contributed by atoms with Crippen LogP contribution >= 0.6 is 0 Å². The van der Waals surface area contributed by atoms with Crippen LogP contribution in [0, 0.1) is 0 Å². The molecule has 0 amide bonds. The summed E-state index contributed by atoms with van der Waals surface area (Å²) < 4.78 is 54.9. The van der Waals surface area contributed by atoms with Gasteiger partial charge in [-0.25, -0.2) is 0 Å². The molecular weight excluding hydrogens is 379 g/mol. The van der Waals surface area contributed by atoms with E-state index in [2.05, 4.69) is 5.32 Å². The largest absolute Gasteiger partial charge is 0.457 e. The summed E-state index contributed by atoms with van der Waals surface area (Å²) in [6.07, 6.45) is -6.25. The van der Waals surface area contributed by atoms with E-state index in [-0.39, 0.29) is 18.0 Å². The molecule has 0 bridgehead atoms. The van der Waals surface area contributed by atoms with E-state index < -0.39 is 30.7 Å². The molecule has 0 spiro atoms. The van der Waals surface area contributed by atoms with Gasteiger partial charge in [-0.3, -0.25) is 0 Å². The van der Waals surface area contributed by atoms with E-state index in [1.807, 2.05) is 0 Å². The Hall–Kier alpha value is -2.33. The molecule has 3 N–H and O–H groups in total. The zero-order chi connectivity index (χ0) is 20.7. The predicted molar refractivity (Wildman–Crippen MR) is 96.3 cm³/mol. The Kier molecular flexibility index (Phi) is 7.64. The van der Waals surface area contributed by atoms with Crippen molar-refractivity contribution in [3.05, 3.63) is 53.6 Å². The third-order valence-electron chi connectivity index (χ3n) is 3.83. The van der Waals surface area contributed by atoms with Gasteiger partial charge in [0.1, 0.15) is 11.5 Å². The van der Waals surface area contributed by atoms with Crippen molar-refractivity contribution in [1.29, 1.82) is 0 Å².